The Bertz CT molecular complexity index is 870. The number of carboxylic acid groups (broad SMARTS) is 1. The maximum atomic E-state index is 13.2. The first kappa shape index (κ1) is 18.6. The lowest BCUT2D eigenvalue weighted by Gasteiger charge is -2.32. The van der Waals surface area contributed by atoms with Gasteiger partial charge in [0.25, 0.3) is 0 Å². The van der Waals surface area contributed by atoms with E-state index in [1.807, 2.05) is 0 Å². The number of hydrogen-bond acceptors (Lipinski definition) is 4. The van der Waals surface area contributed by atoms with Gasteiger partial charge >= 0.3 is 6.09 Å². The number of halogens is 1. The fourth-order valence-electron chi connectivity index (χ4n) is 2.89. The van der Waals surface area contributed by atoms with Crippen LogP contribution in [0.15, 0.2) is 30.3 Å². The molecule has 1 atom stereocenters. The number of carbonyl (C=O) groups is 2. The van der Waals surface area contributed by atoms with Crippen molar-refractivity contribution in [1.29, 1.82) is 0 Å². The van der Waals surface area contributed by atoms with Crippen LogP contribution in [0.4, 0.5) is 20.7 Å². The van der Waals surface area contributed by atoms with Crippen LogP contribution < -0.4 is 15.0 Å². The van der Waals surface area contributed by atoms with Crippen LogP contribution in [0.5, 0.6) is 5.88 Å². The Balaban J connectivity index is 2.06. The van der Waals surface area contributed by atoms with Crippen LogP contribution in [0, 0.1) is 5.82 Å². The second-order valence-corrected chi connectivity index (χ2v) is 6.34. The van der Waals surface area contributed by atoms with Crippen LogP contribution in [-0.4, -0.2) is 34.7 Å². The highest BCUT2D eigenvalue weighted by Gasteiger charge is 2.31. The number of pyridine rings is 1. The second kappa shape index (κ2) is 7.61. The average Bonchev–Trinajstić information content (AvgIpc) is 2.63. The Morgan fingerprint density at radius 1 is 1.37 bits per heavy atom. The van der Waals surface area contributed by atoms with Gasteiger partial charge in [-0.05, 0) is 30.7 Å². The summed E-state index contributed by atoms with van der Waals surface area (Å²) in [5, 5.41) is 12.3. The Morgan fingerprint density at radius 2 is 2.07 bits per heavy atom. The molecule has 0 saturated heterocycles. The number of benzene rings is 1. The van der Waals surface area contributed by atoms with Crippen molar-refractivity contribution in [2.24, 2.45) is 0 Å². The third-order valence-electron chi connectivity index (χ3n) is 4.30. The lowest BCUT2D eigenvalue weighted by atomic mass is 10.0. The maximum Gasteiger partial charge on any atom is 0.412 e. The molecule has 1 aromatic heterocycles. The largest absolute Gasteiger partial charge is 0.474 e. The van der Waals surface area contributed by atoms with Gasteiger partial charge in [-0.1, -0.05) is 19.1 Å². The highest BCUT2D eigenvalue weighted by atomic mass is 19.1. The van der Waals surface area contributed by atoms with E-state index in [1.165, 1.54) is 17.0 Å². The van der Waals surface area contributed by atoms with Gasteiger partial charge in [0, 0.05) is 18.4 Å². The van der Waals surface area contributed by atoms with Crippen LogP contribution in [0.1, 0.15) is 31.4 Å². The van der Waals surface area contributed by atoms with Gasteiger partial charge in [-0.2, -0.15) is 4.98 Å². The summed E-state index contributed by atoms with van der Waals surface area (Å²) in [6.07, 6.45) is -0.484. The van der Waals surface area contributed by atoms with Crippen LogP contribution in [0.3, 0.4) is 0 Å². The molecular formula is C19H20FN3O4. The van der Waals surface area contributed by atoms with Gasteiger partial charge in [-0.25, -0.2) is 9.18 Å². The number of hydrogen-bond donors (Lipinski definition) is 2. The standard InChI is InChI=1S/C19H20FN3O4/c1-3-16(24)21-17-13(8-12-4-6-14(20)7-5-12)9-15-18(22-17)27-10-11(2)23(15)19(25)26/h4-7,9,11H,3,8,10H2,1-2H3,(H,25,26)(H,21,22,24)/t11-/m0/s1. The molecule has 2 aromatic rings. The summed E-state index contributed by atoms with van der Waals surface area (Å²) in [7, 11) is 0. The number of anilines is 2. The first-order chi connectivity index (χ1) is 12.9. The van der Waals surface area contributed by atoms with Gasteiger partial charge in [0.1, 0.15) is 23.9 Å². The van der Waals surface area contributed by atoms with E-state index in [1.54, 1.807) is 32.0 Å². The zero-order valence-electron chi connectivity index (χ0n) is 15.0. The number of ether oxygens (including phenoxy) is 1. The van der Waals surface area contributed by atoms with Gasteiger partial charge in [0.2, 0.25) is 11.8 Å². The number of carbonyl (C=O) groups excluding carboxylic acids is 1. The summed E-state index contributed by atoms with van der Waals surface area (Å²) < 4.78 is 18.7. The van der Waals surface area contributed by atoms with Crippen LogP contribution >= 0.6 is 0 Å². The van der Waals surface area contributed by atoms with Crippen LogP contribution in [0.2, 0.25) is 0 Å². The topological polar surface area (TPSA) is 91.8 Å². The molecule has 7 nitrogen and oxygen atoms in total. The Labute approximate surface area is 155 Å². The molecule has 3 rings (SSSR count). The fourth-order valence-corrected chi connectivity index (χ4v) is 2.89. The normalized spacial score (nSPS) is 15.7. The monoisotopic (exact) mass is 373 g/mol. The van der Waals surface area contributed by atoms with E-state index in [-0.39, 0.29) is 36.7 Å². The molecule has 2 amide bonds. The minimum atomic E-state index is -1.10. The fraction of sp³-hybridized carbons (Fsp3) is 0.316. The van der Waals surface area contributed by atoms with Crippen molar-refractivity contribution >= 4 is 23.5 Å². The predicted octanol–water partition coefficient (Wildman–Crippen LogP) is 3.43. The Hall–Kier alpha value is -3.16. The lowest BCUT2D eigenvalue weighted by molar-refractivity contribution is -0.115. The molecule has 1 aliphatic heterocycles. The number of rotatable bonds is 4. The smallest absolute Gasteiger partial charge is 0.412 e. The zero-order chi connectivity index (χ0) is 19.6. The molecule has 0 saturated carbocycles. The van der Waals surface area contributed by atoms with E-state index < -0.39 is 6.09 Å². The highest BCUT2D eigenvalue weighted by molar-refractivity contribution is 5.93. The molecular weight excluding hydrogens is 353 g/mol. The van der Waals surface area contributed by atoms with Crippen LogP contribution in [0.25, 0.3) is 0 Å². The zero-order valence-corrected chi connectivity index (χ0v) is 15.0. The van der Waals surface area contributed by atoms with Crippen molar-refractivity contribution in [3.05, 3.63) is 47.3 Å². The number of fused-ring (bicyclic) bond motifs is 1. The van der Waals surface area contributed by atoms with E-state index >= 15 is 0 Å². The van der Waals surface area contributed by atoms with E-state index in [9.17, 15) is 19.1 Å². The Morgan fingerprint density at radius 3 is 2.70 bits per heavy atom. The molecule has 0 aliphatic carbocycles. The second-order valence-electron chi connectivity index (χ2n) is 6.34. The molecule has 142 valence electrons. The molecule has 0 radical (unpaired) electrons. The molecule has 0 bridgehead atoms. The van der Waals surface area contributed by atoms with Gasteiger partial charge in [0.15, 0.2) is 0 Å². The van der Waals surface area contributed by atoms with E-state index in [0.717, 1.165) is 5.56 Å². The predicted molar refractivity (Wildman–Crippen MR) is 97.8 cm³/mol. The molecule has 0 spiro atoms. The van der Waals surface area contributed by atoms with Crippen molar-refractivity contribution in [2.45, 2.75) is 32.7 Å². The third kappa shape index (κ3) is 3.99. The van der Waals surface area contributed by atoms with Crippen molar-refractivity contribution in [3.8, 4) is 5.88 Å². The van der Waals surface area contributed by atoms with Gasteiger partial charge < -0.3 is 15.2 Å². The average molecular weight is 373 g/mol. The molecule has 1 aromatic carbocycles. The quantitative estimate of drug-likeness (QED) is 0.857. The summed E-state index contributed by atoms with van der Waals surface area (Å²) in [6, 6.07) is 7.25. The van der Waals surface area contributed by atoms with E-state index in [2.05, 4.69) is 10.3 Å². The Kier molecular flexibility index (Phi) is 5.25. The highest BCUT2D eigenvalue weighted by Crippen LogP contribution is 2.36. The van der Waals surface area contributed by atoms with Crippen molar-refractivity contribution < 1.29 is 23.8 Å². The maximum absolute atomic E-state index is 13.2. The van der Waals surface area contributed by atoms with Crippen LogP contribution in [-0.2, 0) is 11.2 Å². The minimum Gasteiger partial charge on any atom is -0.474 e. The SMILES string of the molecule is CCC(=O)Nc1nc2c(cc1Cc1ccc(F)cc1)N(C(=O)O)[C@@H](C)CO2. The molecule has 8 heteroatoms. The summed E-state index contributed by atoms with van der Waals surface area (Å²) in [5.41, 5.74) is 1.75. The molecule has 27 heavy (non-hydrogen) atoms. The van der Waals surface area contributed by atoms with Gasteiger partial charge in [-0.15, -0.1) is 0 Å². The van der Waals surface area contributed by atoms with Crippen molar-refractivity contribution in [2.75, 3.05) is 16.8 Å². The first-order valence-corrected chi connectivity index (χ1v) is 8.62. The van der Waals surface area contributed by atoms with Crippen molar-refractivity contribution in [3.63, 3.8) is 0 Å². The minimum absolute atomic E-state index is 0.157. The summed E-state index contributed by atoms with van der Waals surface area (Å²) in [6.45, 7) is 3.63. The molecule has 1 aliphatic rings. The van der Waals surface area contributed by atoms with E-state index in [4.69, 9.17) is 4.74 Å². The molecule has 0 fully saturated rings. The number of amides is 2. The van der Waals surface area contributed by atoms with Crippen molar-refractivity contribution in [1.82, 2.24) is 4.98 Å². The number of nitrogens with one attached hydrogen (secondary N) is 1. The lowest BCUT2D eigenvalue weighted by Crippen LogP contribution is -2.44. The van der Waals surface area contributed by atoms with Gasteiger partial charge in [0.05, 0.1) is 6.04 Å². The van der Waals surface area contributed by atoms with E-state index in [0.29, 0.717) is 23.5 Å². The summed E-state index contributed by atoms with van der Waals surface area (Å²) >= 11 is 0. The molecule has 2 heterocycles. The molecule has 0 unspecified atom stereocenters. The van der Waals surface area contributed by atoms with Gasteiger partial charge in [-0.3, -0.25) is 9.69 Å². The molecule has 2 N–H and O–H groups in total. The summed E-state index contributed by atoms with van der Waals surface area (Å²) in [4.78, 5) is 29.1. The number of aromatic nitrogens is 1. The summed E-state index contributed by atoms with van der Waals surface area (Å²) in [5.74, 6) is -0.0993. The third-order valence-corrected chi connectivity index (χ3v) is 4.30. The number of nitrogens with zero attached hydrogens (tertiary/aromatic N) is 2. The first-order valence-electron chi connectivity index (χ1n) is 8.62.